The molecule has 2 aromatic carbocycles. The molecule has 0 spiro atoms. The minimum Gasteiger partial charge on any atom is -0.477 e. The number of ether oxygens (including phenoxy) is 3. The third-order valence-corrected chi connectivity index (χ3v) is 9.33. The number of unbranched alkanes of at least 4 members (excludes halogenated alkanes) is 2. The zero-order valence-corrected chi connectivity index (χ0v) is 31.8. The molecule has 0 bridgehead atoms. The van der Waals surface area contributed by atoms with Gasteiger partial charge in [0.05, 0.1) is 16.6 Å². The van der Waals surface area contributed by atoms with Gasteiger partial charge in [0, 0.05) is 30.5 Å². The van der Waals surface area contributed by atoms with Gasteiger partial charge >= 0.3 is 12.3 Å². The van der Waals surface area contributed by atoms with Crippen molar-refractivity contribution in [3.05, 3.63) is 48.0 Å². The number of halogens is 3. The van der Waals surface area contributed by atoms with E-state index in [0.717, 1.165) is 35.7 Å². The maximum absolute atomic E-state index is 13.8. The van der Waals surface area contributed by atoms with Crippen LogP contribution in [0.5, 0.6) is 11.5 Å². The Morgan fingerprint density at radius 3 is 2.04 bits per heavy atom. The van der Waals surface area contributed by atoms with Gasteiger partial charge in [-0.2, -0.15) is 0 Å². The molecule has 0 aliphatic heterocycles. The number of hydrogen-bond donors (Lipinski definition) is 1. The van der Waals surface area contributed by atoms with Crippen molar-refractivity contribution < 1.29 is 32.2 Å². The number of alkyl halides is 3. The van der Waals surface area contributed by atoms with Gasteiger partial charge in [-0.3, -0.25) is 4.79 Å². The van der Waals surface area contributed by atoms with E-state index in [2.05, 4.69) is 53.2 Å². The zero-order valence-electron chi connectivity index (χ0n) is 30.9. The highest BCUT2D eigenvalue weighted by molar-refractivity contribution is 7.81. The molecule has 9 heteroatoms. The Bertz CT molecular complexity index is 1580. The molecule has 3 rings (SSSR count). The summed E-state index contributed by atoms with van der Waals surface area (Å²) in [5.41, 5.74) is 0.499. The van der Waals surface area contributed by atoms with E-state index in [0.29, 0.717) is 36.3 Å². The second-order valence-corrected chi connectivity index (χ2v) is 17.5. The number of rotatable bonds is 13. The van der Waals surface area contributed by atoms with E-state index in [1.807, 2.05) is 62.6 Å². The molecule has 0 N–H and O–H groups in total. The number of hydrogen-bond acceptors (Lipinski definition) is 5. The Morgan fingerprint density at radius 1 is 0.833 bits per heavy atom. The van der Waals surface area contributed by atoms with E-state index in [4.69, 9.17) is 22.1 Å². The monoisotopic (exact) mass is 691 g/mol. The largest absolute Gasteiger partial charge is 0.573 e. The number of esters is 1. The van der Waals surface area contributed by atoms with Crippen molar-refractivity contribution in [2.24, 2.45) is 23.3 Å². The first-order valence-electron chi connectivity index (χ1n) is 16.9. The fraction of sp³-hybridized carbons (Fsp3) is 0.615. The first kappa shape index (κ1) is 39.6. The van der Waals surface area contributed by atoms with Crippen LogP contribution in [-0.4, -0.2) is 27.4 Å². The van der Waals surface area contributed by atoms with Crippen LogP contribution in [0.15, 0.2) is 42.5 Å². The second-order valence-electron chi connectivity index (χ2n) is 16.6. The van der Waals surface area contributed by atoms with E-state index < -0.39 is 22.3 Å². The molecule has 0 fully saturated rings. The average molecular weight is 692 g/mol. The Balaban J connectivity index is 1.87. The van der Waals surface area contributed by atoms with E-state index >= 15 is 0 Å². The number of thiol groups is 1. The molecule has 0 amide bonds. The molecule has 0 radical (unpaired) electrons. The summed E-state index contributed by atoms with van der Waals surface area (Å²) in [6, 6.07) is 12.4. The van der Waals surface area contributed by atoms with E-state index in [9.17, 15) is 18.0 Å². The first-order chi connectivity index (χ1) is 21.8. The molecule has 1 heterocycles. The SMILES string of the molecule is CCCCCc1ccc(-c2cc3ccc(OC(C)(S)CC(C)(C)OC(=O)C(C)(CC(C)(C)C)C(C)(C)C)cc3n2C)c(OC(F)(F)F)c1. The van der Waals surface area contributed by atoms with E-state index in [1.165, 1.54) is 6.07 Å². The predicted molar refractivity (Wildman–Crippen MR) is 193 cm³/mol. The molecule has 268 valence electrons. The van der Waals surface area contributed by atoms with Crippen molar-refractivity contribution in [3.63, 3.8) is 0 Å². The fourth-order valence-electron chi connectivity index (χ4n) is 6.54. The van der Waals surface area contributed by atoms with Crippen molar-refractivity contribution in [2.75, 3.05) is 0 Å². The van der Waals surface area contributed by atoms with Gasteiger partial charge in [0.2, 0.25) is 0 Å². The Labute approximate surface area is 291 Å². The number of carbonyl (C=O) groups is 1. The van der Waals surface area contributed by atoms with Crippen LogP contribution >= 0.6 is 12.6 Å². The molecule has 0 saturated heterocycles. The van der Waals surface area contributed by atoms with E-state index in [1.54, 1.807) is 13.1 Å². The molecular weight excluding hydrogens is 635 g/mol. The lowest BCUT2D eigenvalue weighted by Crippen LogP contribution is -2.48. The van der Waals surface area contributed by atoms with Crippen LogP contribution in [0.2, 0.25) is 0 Å². The van der Waals surface area contributed by atoms with Gasteiger partial charge in [-0.15, -0.1) is 25.8 Å². The van der Waals surface area contributed by atoms with Gasteiger partial charge in [-0.05, 0) is 93.7 Å². The zero-order chi connectivity index (χ0) is 36.5. The van der Waals surface area contributed by atoms with Gasteiger partial charge < -0.3 is 18.8 Å². The van der Waals surface area contributed by atoms with Gasteiger partial charge in [-0.25, -0.2) is 0 Å². The molecule has 0 aliphatic rings. The third kappa shape index (κ3) is 10.3. The summed E-state index contributed by atoms with van der Waals surface area (Å²) in [6.45, 7) is 22.2. The summed E-state index contributed by atoms with van der Waals surface area (Å²) in [7, 11) is 1.81. The maximum Gasteiger partial charge on any atom is 0.573 e. The van der Waals surface area contributed by atoms with Gasteiger partial charge in [-0.1, -0.05) is 67.4 Å². The molecule has 2 unspecified atom stereocenters. The lowest BCUT2D eigenvalue weighted by atomic mass is 9.61. The Kier molecular flexibility index (Phi) is 11.7. The van der Waals surface area contributed by atoms with Crippen LogP contribution in [-0.2, 0) is 23.0 Å². The molecule has 0 saturated carbocycles. The van der Waals surface area contributed by atoms with Crippen molar-refractivity contribution in [1.29, 1.82) is 0 Å². The highest BCUT2D eigenvalue weighted by atomic mass is 32.1. The standard InChI is InChI=1S/C39H56F3NO4S/c1-13-14-15-16-26-17-20-29(32(21-26)46-39(40,41)42)31-22-27-18-19-28(23-30(27)43(31)12)45-38(11,48)25-36(8,9)47-33(44)37(10,35(5,6)7)24-34(2,3)4/h17-23,48H,13-16,24-25H2,1-12H3. The Hall–Kier alpha value is -2.81. The molecule has 1 aromatic heterocycles. The normalized spacial score (nSPS) is 15.6. The molecule has 0 aliphatic carbocycles. The quantitative estimate of drug-likeness (QED) is 0.0839. The fourth-order valence-corrected chi connectivity index (χ4v) is 7.02. The van der Waals surface area contributed by atoms with E-state index in [-0.39, 0.29) is 22.5 Å². The van der Waals surface area contributed by atoms with Crippen LogP contribution in [0.1, 0.15) is 114 Å². The van der Waals surface area contributed by atoms with Crippen LogP contribution in [0.25, 0.3) is 22.2 Å². The predicted octanol–water partition coefficient (Wildman–Crippen LogP) is 11.7. The first-order valence-corrected chi connectivity index (χ1v) is 17.3. The third-order valence-electron chi connectivity index (χ3n) is 9.08. The lowest BCUT2D eigenvalue weighted by molar-refractivity contribution is -0.274. The van der Waals surface area contributed by atoms with Crippen molar-refractivity contribution in [1.82, 2.24) is 4.57 Å². The number of benzene rings is 2. The van der Waals surface area contributed by atoms with Crippen molar-refractivity contribution in [3.8, 4) is 22.8 Å². The summed E-state index contributed by atoms with van der Waals surface area (Å²) >= 11 is 4.84. The van der Waals surface area contributed by atoms with Gasteiger partial charge in [0.25, 0.3) is 0 Å². The highest BCUT2D eigenvalue weighted by Gasteiger charge is 2.49. The van der Waals surface area contributed by atoms with Crippen molar-refractivity contribution in [2.45, 2.75) is 132 Å². The van der Waals surface area contributed by atoms with Crippen LogP contribution < -0.4 is 9.47 Å². The summed E-state index contributed by atoms with van der Waals surface area (Å²) in [5, 5.41) is 0.834. The highest BCUT2D eigenvalue weighted by Crippen LogP contribution is 2.48. The number of fused-ring (bicyclic) bond motifs is 1. The summed E-state index contributed by atoms with van der Waals surface area (Å²) < 4.78 is 59.4. The Morgan fingerprint density at radius 2 is 1.48 bits per heavy atom. The molecule has 5 nitrogen and oxygen atoms in total. The number of nitrogens with zero attached hydrogens (tertiary/aromatic N) is 1. The number of aromatic nitrogens is 1. The van der Waals surface area contributed by atoms with Crippen LogP contribution in [0.3, 0.4) is 0 Å². The lowest BCUT2D eigenvalue weighted by Gasteiger charge is -2.45. The summed E-state index contributed by atoms with van der Waals surface area (Å²) in [6.07, 6.45) is -0.245. The van der Waals surface area contributed by atoms with Crippen LogP contribution in [0, 0.1) is 16.2 Å². The number of carbonyl (C=O) groups excluding carboxylic acids is 1. The minimum atomic E-state index is -4.82. The summed E-state index contributed by atoms with van der Waals surface area (Å²) in [4.78, 5) is 12.7. The summed E-state index contributed by atoms with van der Waals surface area (Å²) in [5.74, 6) is 0.0588. The second kappa shape index (κ2) is 14.2. The topological polar surface area (TPSA) is 49.7 Å². The maximum atomic E-state index is 13.8. The molecule has 48 heavy (non-hydrogen) atoms. The molecule has 3 aromatic rings. The van der Waals surface area contributed by atoms with Gasteiger partial charge in [0.1, 0.15) is 17.1 Å². The average Bonchev–Trinajstić information content (AvgIpc) is 3.20. The molecule has 2 atom stereocenters. The van der Waals surface area contributed by atoms with Crippen molar-refractivity contribution >= 4 is 29.5 Å². The molecular formula is C39H56F3NO4S. The van der Waals surface area contributed by atoms with Gasteiger partial charge in [0.15, 0.2) is 4.93 Å². The number of aryl methyl sites for hydroxylation is 2. The minimum absolute atomic E-state index is 0.0769. The van der Waals surface area contributed by atoms with Crippen LogP contribution in [0.4, 0.5) is 13.2 Å². The smallest absolute Gasteiger partial charge is 0.477 e.